The van der Waals surface area contributed by atoms with Gasteiger partial charge in [0.25, 0.3) is 0 Å². The molecule has 0 aromatic heterocycles. The van der Waals surface area contributed by atoms with Gasteiger partial charge in [0.1, 0.15) is 12.2 Å². The highest BCUT2D eigenvalue weighted by atomic mass is 16.6. The zero-order chi connectivity index (χ0) is 5.78. The number of hydrogen-bond acceptors (Lipinski definition) is 2. The third-order valence-electron chi connectivity index (χ3n) is 2.45. The van der Waals surface area contributed by atoms with Gasteiger partial charge in [0.2, 0.25) is 0 Å². The Balaban J connectivity index is 2.01. The molecule has 2 heteroatoms. The second-order valence-corrected chi connectivity index (χ2v) is 2.62. The van der Waals surface area contributed by atoms with Crippen LogP contribution in [0.1, 0.15) is 13.3 Å². The fourth-order valence-corrected chi connectivity index (χ4v) is 1.52. The molecule has 2 atom stereocenters. The average molecular weight is 113 g/mol. The molecular formula is C6H11NO. The molecule has 0 amide bonds. The van der Waals surface area contributed by atoms with E-state index in [0.717, 1.165) is 0 Å². The van der Waals surface area contributed by atoms with Gasteiger partial charge in [0.15, 0.2) is 0 Å². The fraction of sp³-hybridized carbons (Fsp3) is 1.00. The summed E-state index contributed by atoms with van der Waals surface area (Å²) < 4.78 is 5.14. The van der Waals surface area contributed by atoms with Gasteiger partial charge in [-0.15, -0.1) is 0 Å². The molecule has 1 heterocycles. The Kier molecular flexibility index (Phi) is 0.649. The van der Waals surface area contributed by atoms with Crippen LogP contribution in [-0.2, 0) is 4.74 Å². The largest absolute Gasteiger partial charge is 0.365 e. The Hall–Kier alpha value is -0.0800. The molecule has 8 heavy (non-hydrogen) atoms. The lowest BCUT2D eigenvalue weighted by Gasteiger charge is -2.17. The van der Waals surface area contributed by atoms with Crippen molar-refractivity contribution in [3.63, 3.8) is 0 Å². The van der Waals surface area contributed by atoms with Crippen molar-refractivity contribution in [3.05, 3.63) is 0 Å². The topological polar surface area (TPSA) is 24.6 Å². The SMILES string of the molecule is CCC1(NC)C2OC21. The van der Waals surface area contributed by atoms with E-state index in [1.807, 2.05) is 7.05 Å². The van der Waals surface area contributed by atoms with Crippen LogP contribution in [0.15, 0.2) is 0 Å². The normalized spacial score (nSPS) is 57.8. The first-order valence-corrected chi connectivity index (χ1v) is 3.19. The summed E-state index contributed by atoms with van der Waals surface area (Å²) in [4.78, 5) is 0. The molecule has 46 valence electrons. The summed E-state index contributed by atoms with van der Waals surface area (Å²) in [6, 6.07) is 0. The Morgan fingerprint density at radius 3 is 2.25 bits per heavy atom. The van der Waals surface area contributed by atoms with Crippen LogP contribution in [0, 0.1) is 0 Å². The maximum Gasteiger partial charge on any atom is 0.107 e. The number of ether oxygens (including phenoxy) is 1. The molecule has 2 nitrogen and oxygen atoms in total. The minimum Gasteiger partial charge on any atom is -0.365 e. The molecule has 2 rings (SSSR count). The molecule has 1 saturated heterocycles. The van der Waals surface area contributed by atoms with E-state index in [2.05, 4.69) is 12.2 Å². The molecule has 2 fully saturated rings. The molecule has 0 bridgehead atoms. The Labute approximate surface area is 49.2 Å². The maximum atomic E-state index is 5.14. The van der Waals surface area contributed by atoms with E-state index in [9.17, 15) is 0 Å². The Bertz CT molecular complexity index is 110. The zero-order valence-corrected chi connectivity index (χ0v) is 5.27. The number of rotatable bonds is 2. The van der Waals surface area contributed by atoms with E-state index >= 15 is 0 Å². The van der Waals surface area contributed by atoms with Crippen molar-refractivity contribution in [2.75, 3.05) is 7.05 Å². The minimum absolute atomic E-state index is 0.417. The molecule has 0 radical (unpaired) electrons. The molecule has 2 unspecified atom stereocenters. The lowest BCUT2D eigenvalue weighted by Crippen LogP contribution is -2.37. The van der Waals surface area contributed by atoms with Crippen LogP contribution in [0.3, 0.4) is 0 Å². The van der Waals surface area contributed by atoms with Crippen molar-refractivity contribution in [2.24, 2.45) is 0 Å². The molecule has 0 aromatic carbocycles. The lowest BCUT2D eigenvalue weighted by molar-refractivity contribution is 0.164. The summed E-state index contributed by atoms with van der Waals surface area (Å²) in [6.45, 7) is 2.20. The number of nitrogens with one attached hydrogen (secondary N) is 1. The lowest BCUT2D eigenvalue weighted by atomic mass is 10.2. The standard InChI is InChI=1S/C6H11NO/c1-3-6(7-2)4-5(6)8-4/h4-5,7H,3H2,1-2H3. The van der Waals surface area contributed by atoms with Gasteiger partial charge in [0.05, 0.1) is 5.54 Å². The van der Waals surface area contributed by atoms with Gasteiger partial charge >= 0.3 is 0 Å². The molecular weight excluding hydrogens is 102 g/mol. The summed E-state index contributed by atoms with van der Waals surface area (Å²) in [6.07, 6.45) is 2.37. The molecule has 1 saturated carbocycles. The zero-order valence-electron chi connectivity index (χ0n) is 5.27. The highest BCUT2D eigenvalue weighted by Crippen LogP contribution is 2.58. The number of hydrogen-bond donors (Lipinski definition) is 1. The van der Waals surface area contributed by atoms with Crippen LogP contribution in [0.25, 0.3) is 0 Å². The molecule has 1 aliphatic heterocycles. The van der Waals surface area contributed by atoms with E-state index in [1.54, 1.807) is 0 Å². The van der Waals surface area contributed by atoms with Crippen LogP contribution in [0.2, 0.25) is 0 Å². The van der Waals surface area contributed by atoms with Crippen LogP contribution in [0.5, 0.6) is 0 Å². The fourth-order valence-electron chi connectivity index (χ4n) is 1.52. The summed E-state index contributed by atoms with van der Waals surface area (Å²) in [7, 11) is 2.01. The van der Waals surface area contributed by atoms with Crippen molar-refractivity contribution >= 4 is 0 Å². The van der Waals surface area contributed by atoms with Crippen LogP contribution < -0.4 is 5.32 Å². The van der Waals surface area contributed by atoms with Gasteiger partial charge < -0.3 is 10.1 Å². The second kappa shape index (κ2) is 1.09. The van der Waals surface area contributed by atoms with Gasteiger partial charge in [0, 0.05) is 0 Å². The van der Waals surface area contributed by atoms with Crippen molar-refractivity contribution in [2.45, 2.75) is 31.1 Å². The summed E-state index contributed by atoms with van der Waals surface area (Å²) in [5.74, 6) is 0. The van der Waals surface area contributed by atoms with Crippen LogP contribution >= 0.6 is 0 Å². The van der Waals surface area contributed by atoms with E-state index < -0.39 is 0 Å². The minimum atomic E-state index is 0.417. The quantitative estimate of drug-likeness (QED) is 0.515. The summed E-state index contributed by atoms with van der Waals surface area (Å²) >= 11 is 0. The highest BCUT2D eigenvalue weighted by molar-refractivity contribution is 5.31. The Morgan fingerprint density at radius 1 is 1.62 bits per heavy atom. The first-order valence-electron chi connectivity index (χ1n) is 3.19. The summed E-state index contributed by atoms with van der Waals surface area (Å²) in [5, 5.41) is 3.28. The van der Waals surface area contributed by atoms with Crippen molar-refractivity contribution < 1.29 is 4.74 Å². The average Bonchev–Trinajstić information content (AvgIpc) is 2.53. The number of fused-ring (bicyclic) bond motifs is 1. The van der Waals surface area contributed by atoms with Gasteiger partial charge in [-0.3, -0.25) is 0 Å². The van der Waals surface area contributed by atoms with Gasteiger partial charge in [-0.05, 0) is 13.5 Å². The number of epoxide rings is 1. The third-order valence-corrected chi connectivity index (χ3v) is 2.45. The van der Waals surface area contributed by atoms with E-state index in [-0.39, 0.29) is 0 Å². The molecule has 2 aliphatic rings. The number of likely N-dealkylation sites (N-methyl/N-ethyl adjacent to an activating group) is 1. The predicted octanol–water partition coefficient (Wildman–Crippen LogP) is 0.136. The second-order valence-electron chi connectivity index (χ2n) is 2.62. The van der Waals surface area contributed by atoms with Crippen molar-refractivity contribution in [1.82, 2.24) is 5.32 Å². The third kappa shape index (κ3) is 0.298. The molecule has 0 aromatic rings. The first kappa shape index (κ1) is 4.77. The van der Waals surface area contributed by atoms with Crippen LogP contribution in [0.4, 0.5) is 0 Å². The monoisotopic (exact) mass is 113 g/mol. The van der Waals surface area contributed by atoms with E-state index in [4.69, 9.17) is 4.74 Å². The molecule has 1 N–H and O–H groups in total. The highest BCUT2D eigenvalue weighted by Gasteiger charge is 2.78. The predicted molar refractivity (Wildman–Crippen MR) is 30.7 cm³/mol. The summed E-state index contributed by atoms with van der Waals surface area (Å²) in [5.41, 5.74) is 0.417. The van der Waals surface area contributed by atoms with Crippen LogP contribution in [-0.4, -0.2) is 24.8 Å². The smallest absolute Gasteiger partial charge is 0.107 e. The van der Waals surface area contributed by atoms with E-state index in [0.29, 0.717) is 17.7 Å². The van der Waals surface area contributed by atoms with Crippen molar-refractivity contribution in [3.8, 4) is 0 Å². The maximum absolute atomic E-state index is 5.14. The molecule has 0 spiro atoms. The Morgan fingerprint density at radius 2 is 2.25 bits per heavy atom. The first-order chi connectivity index (χ1) is 3.85. The van der Waals surface area contributed by atoms with Gasteiger partial charge in [-0.1, -0.05) is 6.92 Å². The molecule has 1 aliphatic carbocycles. The van der Waals surface area contributed by atoms with E-state index in [1.165, 1.54) is 6.42 Å². The van der Waals surface area contributed by atoms with Crippen molar-refractivity contribution in [1.29, 1.82) is 0 Å². The van der Waals surface area contributed by atoms with Gasteiger partial charge in [-0.2, -0.15) is 0 Å². The van der Waals surface area contributed by atoms with Gasteiger partial charge in [-0.25, -0.2) is 0 Å².